The lowest BCUT2D eigenvalue weighted by atomic mass is 10.1. The van der Waals surface area contributed by atoms with E-state index in [4.69, 9.17) is 4.52 Å². The molecule has 2 rings (SSSR count). The molecule has 6 heteroatoms. The van der Waals surface area contributed by atoms with E-state index in [0.717, 1.165) is 24.5 Å². The van der Waals surface area contributed by atoms with Crippen LogP contribution in [0.1, 0.15) is 45.1 Å². The maximum Gasteiger partial charge on any atom is 0.317 e. The predicted octanol–water partition coefficient (Wildman–Crippen LogP) is 3.08. The van der Waals surface area contributed by atoms with Crippen molar-refractivity contribution in [1.29, 1.82) is 0 Å². The number of thioether (sulfide) groups is 1. The molecular formula is C15H25N3O2S. The zero-order valence-electron chi connectivity index (χ0n) is 13.3. The maximum atomic E-state index is 12.2. The van der Waals surface area contributed by atoms with E-state index in [1.165, 1.54) is 0 Å². The highest BCUT2D eigenvalue weighted by atomic mass is 32.2. The Hall–Kier alpha value is -1.17. The Labute approximate surface area is 130 Å². The van der Waals surface area contributed by atoms with Crippen molar-refractivity contribution in [3.8, 4) is 0 Å². The van der Waals surface area contributed by atoms with Crippen LogP contribution in [0.4, 0.5) is 4.79 Å². The van der Waals surface area contributed by atoms with Crippen LogP contribution >= 0.6 is 11.8 Å². The van der Waals surface area contributed by atoms with E-state index >= 15 is 0 Å². The normalized spacial score (nSPS) is 19.3. The number of carbonyl (C=O) groups excluding carboxylic acids is 1. The summed E-state index contributed by atoms with van der Waals surface area (Å²) in [5.74, 6) is 2.65. The Morgan fingerprint density at radius 1 is 1.52 bits per heavy atom. The molecule has 2 heterocycles. The molecule has 1 aliphatic heterocycles. The summed E-state index contributed by atoms with van der Waals surface area (Å²) in [5.41, 5.74) is 0.925. The number of nitrogens with one attached hydrogen (secondary N) is 1. The number of amides is 2. The highest BCUT2D eigenvalue weighted by Gasteiger charge is 2.26. The molecule has 2 amide bonds. The topological polar surface area (TPSA) is 58.4 Å². The van der Waals surface area contributed by atoms with Crippen molar-refractivity contribution in [2.75, 3.05) is 18.8 Å². The number of rotatable bonds is 4. The Bertz CT molecular complexity index is 473. The van der Waals surface area contributed by atoms with Gasteiger partial charge in [0.2, 0.25) is 0 Å². The van der Waals surface area contributed by atoms with Crippen molar-refractivity contribution in [3.63, 3.8) is 0 Å². The second kappa shape index (κ2) is 7.20. The molecule has 0 aliphatic carbocycles. The molecule has 0 saturated carbocycles. The van der Waals surface area contributed by atoms with Gasteiger partial charge < -0.3 is 14.7 Å². The van der Waals surface area contributed by atoms with Crippen LogP contribution in [-0.4, -0.2) is 40.2 Å². The molecule has 1 aromatic rings. The first-order chi connectivity index (χ1) is 9.97. The second-order valence-corrected chi connectivity index (χ2v) is 7.48. The molecule has 1 N–H and O–H groups in total. The molecule has 0 bridgehead atoms. The Balaban J connectivity index is 1.83. The van der Waals surface area contributed by atoms with Crippen LogP contribution in [0.5, 0.6) is 0 Å². The zero-order valence-corrected chi connectivity index (χ0v) is 14.1. The van der Waals surface area contributed by atoms with Crippen molar-refractivity contribution in [3.05, 3.63) is 17.5 Å². The van der Waals surface area contributed by atoms with Gasteiger partial charge in [0.15, 0.2) is 5.76 Å². The molecule has 1 fully saturated rings. The monoisotopic (exact) mass is 311 g/mol. The lowest BCUT2D eigenvalue weighted by Gasteiger charge is -2.34. The van der Waals surface area contributed by atoms with Gasteiger partial charge in [0, 0.05) is 30.2 Å². The summed E-state index contributed by atoms with van der Waals surface area (Å²) in [7, 11) is 0. The number of hydrogen-bond acceptors (Lipinski definition) is 4. The summed E-state index contributed by atoms with van der Waals surface area (Å²) in [5, 5.41) is 7.45. The van der Waals surface area contributed by atoms with E-state index in [0.29, 0.717) is 29.4 Å². The number of nitrogens with zero attached hydrogens (tertiary/aromatic N) is 2. The summed E-state index contributed by atoms with van der Waals surface area (Å²) in [6.07, 6.45) is 0. The largest absolute Gasteiger partial charge is 0.359 e. The molecule has 1 aromatic heterocycles. The minimum atomic E-state index is -0.0107. The standard InChI is InChI=1S/C15H25N3O2S/c1-10(2)13-7-12(20-17-13)8-16-15(19)18-5-6-21-14(9-18)11(3)4/h7,10-11,14H,5-6,8-9H2,1-4H3,(H,16,19)/t14-/m0/s1. The van der Waals surface area contributed by atoms with Crippen LogP contribution in [0.3, 0.4) is 0 Å². The predicted molar refractivity (Wildman–Crippen MR) is 85.5 cm³/mol. The van der Waals surface area contributed by atoms with E-state index in [2.05, 4.69) is 38.2 Å². The molecular weight excluding hydrogens is 286 g/mol. The van der Waals surface area contributed by atoms with Crippen LogP contribution in [0.15, 0.2) is 10.6 Å². The SMILES string of the molecule is CC(C)c1cc(CNC(=O)N2CCS[C@H](C(C)C)C2)on1. The van der Waals surface area contributed by atoms with E-state index in [-0.39, 0.29) is 6.03 Å². The summed E-state index contributed by atoms with van der Waals surface area (Å²) in [6, 6.07) is 1.90. The third kappa shape index (κ3) is 4.40. The lowest BCUT2D eigenvalue weighted by Crippen LogP contribution is -2.47. The van der Waals surface area contributed by atoms with Gasteiger partial charge in [-0.05, 0) is 11.8 Å². The van der Waals surface area contributed by atoms with E-state index in [1.807, 2.05) is 22.7 Å². The van der Waals surface area contributed by atoms with Crippen molar-refractivity contribution < 1.29 is 9.32 Å². The highest BCUT2D eigenvalue weighted by molar-refractivity contribution is 8.00. The van der Waals surface area contributed by atoms with Crippen LogP contribution in [-0.2, 0) is 6.54 Å². The number of aromatic nitrogens is 1. The number of urea groups is 1. The van der Waals surface area contributed by atoms with Crippen LogP contribution in [0.25, 0.3) is 0 Å². The van der Waals surface area contributed by atoms with Crippen molar-refractivity contribution in [1.82, 2.24) is 15.4 Å². The van der Waals surface area contributed by atoms with Gasteiger partial charge in [0.05, 0.1) is 12.2 Å². The first kappa shape index (κ1) is 16.2. The average molecular weight is 311 g/mol. The third-order valence-corrected chi connectivity index (χ3v) is 5.25. The summed E-state index contributed by atoms with van der Waals surface area (Å²) < 4.78 is 5.24. The van der Waals surface area contributed by atoms with E-state index < -0.39 is 0 Å². The van der Waals surface area contributed by atoms with Gasteiger partial charge in [-0.25, -0.2) is 4.79 Å². The molecule has 118 valence electrons. The molecule has 1 saturated heterocycles. The fourth-order valence-electron chi connectivity index (χ4n) is 2.22. The van der Waals surface area contributed by atoms with Crippen LogP contribution in [0, 0.1) is 5.92 Å². The van der Waals surface area contributed by atoms with Gasteiger partial charge in [-0.15, -0.1) is 0 Å². The summed E-state index contributed by atoms with van der Waals surface area (Å²) in [4.78, 5) is 14.1. The van der Waals surface area contributed by atoms with E-state index in [1.54, 1.807) is 0 Å². The van der Waals surface area contributed by atoms with Crippen LogP contribution in [0.2, 0.25) is 0 Å². The lowest BCUT2D eigenvalue weighted by molar-refractivity contribution is 0.195. The molecule has 1 aliphatic rings. The number of carbonyl (C=O) groups is 1. The quantitative estimate of drug-likeness (QED) is 0.928. The third-order valence-electron chi connectivity index (χ3n) is 3.71. The fraction of sp³-hybridized carbons (Fsp3) is 0.733. The fourth-order valence-corrected chi connectivity index (χ4v) is 3.52. The molecule has 0 unspecified atom stereocenters. The molecule has 1 atom stereocenters. The average Bonchev–Trinajstić information content (AvgIpc) is 2.94. The van der Waals surface area contributed by atoms with Crippen molar-refractivity contribution >= 4 is 17.8 Å². The van der Waals surface area contributed by atoms with Crippen molar-refractivity contribution in [2.45, 2.75) is 45.4 Å². The minimum absolute atomic E-state index is 0.0107. The Morgan fingerprint density at radius 2 is 2.29 bits per heavy atom. The number of hydrogen-bond donors (Lipinski definition) is 1. The summed E-state index contributed by atoms with van der Waals surface area (Å²) >= 11 is 1.96. The van der Waals surface area contributed by atoms with Crippen LogP contribution < -0.4 is 5.32 Å². The van der Waals surface area contributed by atoms with Gasteiger partial charge in [0.1, 0.15) is 0 Å². The Kier molecular flexibility index (Phi) is 5.56. The van der Waals surface area contributed by atoms with Gasteiger partial charge in [-0.3, -0.25) is 0 Å². The first-order valence-corrected chi connectivity index (χ1v) is 8.62. The molecule has 0 aromatic carbocycles. The molecule has 0 radical (unpaired) electrons. The zero-order chi connectivity index (χ0) is 15.4. The van der Waals surface area contributed by atoms with Crippen molar-refractivity contribution in [2.24, 2.45) is 5.92 Å². The smallest absolute Gasteiger partial charge is 0.317 e. The maximum absolute atomic E-state index is 12.2. The van der Waals surface area contributed by atoms with E-state index in [9.17, 15) is 4.79 Å². The minimum Gasteiger partial charge on any atom is -0.359 e. The first-order valence-electron chi connectivity index (χ1n) is 7.57. The van der Waals surface area contributed by atoms with Gasteiger partial charge in [-0.1, -0.05) is 32.9 Å². The second-order valence-electron chi connectivity index (χ2n) is 6.13. The van der Waals surface area contributed by atoms with Gasteiger partial charge in [0.25, 0.3) is 0 Å². The molecule has 21 heavy (non-hydrogen) atoms. The van der Waals surface area contributed by atoms with Gasteiger partial charge >= 0.3 is 6.03 Å². The molecule has 5 nitrogen and oxygen atoms in total. The summed E-state index contributed by atoms with van der Waals surface area (Å²) in [6.45, 7) is 10.6. The Morgan fingerprint density at radius 3 is 2.90 bits per heavy atom. The highest BCUT2D eigenvalue weighted by Crippen LogP contribution is 2.24. The van der Waals surface area contributed by atoms with Gasteiger partial charge in [-0.2, -0.15) is 11.8 Å². The molecule has 0 spiro atoms.